The number of ether oxygens (including phenoxy) is 3. The van der Waals surface area contributed by atoms with E-state index in [9.17, 15) is 4.79 Å². The Labute approximate surface area is 190 Å². The molecule has 0 fully saturated rings. The van der Waals surface area contributed by atoms with Crippen molar-refractivity contribution in [1.82, 2.24) is 9.78 Å². The maximum Gasteiger partial charge on any atom is 0.275 e. The van der Waals surface area contributed by atoms with Crippen molar-refractivity contribution < 1.29 is 19.0 Å². The number of hydrogen-bond acceptors (Lipinski definition) is 5. The molecular weight excluding hydrogens is 462 g/mol. The Morgan fingerprint density at radius 2 is 1.71 bits per heavy atom. The maximum atomic E-state index is 12.6. The average Bonchev–Trinajstić information content (AvgIpc) is 3.01. The highest BCUT2D eigenvalue weighted by molar-refractivity contribution is 9.10. The van der Waals surface area contributed by atoms with Crippen LogP contribution in [0.4, 0.5) is 5.69 Å². The summed E-state index contributed by atoms with van der Waals surface area (Å²) in [5.41, 5.74) is 2.88. The van der Waals surface area contributed by atoms with Crippen LogP contribution in [0.3, 0.4) is 0 Å². The number of carbonyl (C=O) groups is 1. The summed E-state index contributed by atoms with van der Waals surface area (Å²) in [6.07, 6.45) is 0. The van der Waals surface area contributed by atoms with Crippen LogP contribution in [0.2, 0.25) is 0 Å². The van der Waals surface area contributed by atoms with Crippen LogP contribution in [0.5, 0.6) is 17.2 Å². The predicted molar refractivity (Wildman–Crippen MR) is 123 cm³/mol. The van der Waals surface area contributed by atoms with Crippen molar-refractivity contribution >= 4 is 27.5 Å². The first kappa shape index (κ1) is 22.7. The van der Waals surface area contributed by atoms with Gasteiger partial charge in [-0.05, 0) is 78.7 Å². The van der Waals surface area contributed by atoms with E-state index in [1.165, 1.54) is 0 Å². The molecule has 8 heteroatoms. The van der Waals surface area contributed by atoms with Gasteiger partial charge in [0.15, 0.2) is 11.5 Å². The highest BCUT2D eigenvalue weighted by atomic mass is 79.9. The number of carbonyl (C=O) groups excluding carboxylic acids is 1. The maximum absolute atomic E-state index is 12.6. The molecule has 0 unspecified atom stereocenters. The molecule has 7 nitrogen and oxygen atoms in total. The van der Waals surface area contributed by atoms with Crippen molar-refractivity contribution in [2.45, 2.75) is 27.4 Å². The van der Waals surface area contributed by atoms with E-state index in [4.69, 9.17) is 14.2 Å². The Balaban J connectivity index is 1.62. The van der Waals surface area contributed by atoms with E-state index in [1.54, 1.807) is 23.9 Å². The van der Waals surface area contributed by atoms with Crippen LogP contribution >= 0.6 is 15.9 Å². The summed E-state index contributed by atoms with van der Waals surface area (Å²) < 4.78 is 19.4. The van der Waals surface area contributed by atoms with Crippen LogP contribution in [-0.2, 0) is 13.7 Å². The van der Waals surface area contributed by atoms with E-state index in [2.05, 4.69) is 26.3 Å². The third kappa shape index (κ3) is 5.58. The molecule has 3 aromatic rings. The molecule has 2 aromatic carbocycles. The molecule has 3 rings (SSSR count). The fraction of sp³-hybridized carbons (Fsp3) is 0.304. The summed E-state index contributed by atoms with van der Waals surface area (Å²) in [5.74, 6) is 1.90. The van der Waals surface area contributed by atoms with E-state index in [1.807, 2.05) is 51.1 Å². The minimum atomic E-state index is -0.235. The van der Waals surface area contributed by atoms with E-state index >= 15 is 0 Å². The Morgan fingerprint density at radius 3 is 2.32 bits per heavy atom. The molecule has 1 heterocycles. The molecule has 1 aromatic heterocycles. The minimum absolute atomic E-state index is 0.235. The SMILES string of the molecule is CCOc1ccc(COc2ccc(NC(=O)c3c(Br)c(C)nn3C)cc2)cc1OCC. The first-order chi connectivity index (χ1) is 14.9. The first-order valence-corrected chi connectivity index (χ1v) is 10.8. The zero-order valence-electron chi connectivity index (χ0n) is 18.1. The lowest BCUT2D eigenvalue weighted by Crippen LogP contribution is -2.16. The van der Waals surface area contributed by atoms with Crippen LogP contribution in [0, 0.1) is 6.92 Å². The number of anilines is 1. The number of nitrogens with one attached hydrogen (secondary N) is 1. The van der Waals surface area contributed by atoms with Crippen molar-refractivity contribution in [3.63, 3.8) is 0 Å². The van der Waals surface area contributed by atoms with Gasteiger partial charge in [-0.25, -0.2) is 0 Å². The summed E-state index contributed by atoms with van der Waals surface area (Å²) in [4.78, 5) is 12.6. The lowest BCUT2D eigenvalue weighted by atomic mass is 10.2. The second kappa shape index (κ2) is 10.3. The molecule has 31 heavy (non-hydrogen) atoms. The highest BCUT2D eigenvalue weighted by Gasteiger charge is 2.18. The van der Waals surface area contributed by atoms with Gasteiger partial charge < -0.3 is 19.5 Å². The molecule has 1 N–H and O–H groups in total. The van der Waals surface area contributed by atoms with Gasteiger partial charge in [-0.2, -0.15) is 5.10 Å². The second-order valence-corrected chi connectivity index (χ2v) is 7.58. The summed E-state index contributed by atoms with van der Waals surface area (Å²) in [7, 11) is 1.74. The number of hydrogen-bond donors (Lipinski definition) is 1. The van der Waals surface area contributed by atoms with Gasteiger partial charge in [0.05, 0.1) is 23.4 Å². The summed E-state index contributed by atoms with van der Waals surface area (Å²) in [5, 5.41) is 7.12. The van der Waals surface area contributed by atoms with E-state index in [0.717, 1.165) is 17.0 Å². The van der Waals surface area contributed by atoms with Crippen LogP contribution in [-0.4, -0.2) is 28.9 Å². The molecule has 0 aliphatic carbocycles. The van der Waals surface area contributed by atoms with Gasteiger partial charge >= 0.3 is 0 Å². The van der Waals surface area contributed by atoms with Gasteiger partial charge in [-0.15, -0.1) is 0 Å². The molecule has 0 saturated carbocycles. The zero-order valence-corrected chi connectivity index (χ0v) is 19.7. The molecule has 0 saturated heterocycles. The molecule has 0 radical (unpaired) electrons. The van der Waals surface area contributed by atoms with Gasteiger partial charge in [0.25, 0.3) is 5.91 Å². The normalized spacial score (nSPS) is 10.6. The largest absolute Gasteiger partial charge is 0.490 e. The van der Waals surface area contributed by atoms with Crippen LogP contribution in [0.25, 0.3) is 0 Å². The fourth-order valence-corrected chi connectivity index (χ4v) is 3.57. The van der Waals surface area contributed by atoms with Crippen molar-refractivity contribution in [2.24, 2.45) is 7.05 Å². The highest BCUT2D eigenvalue weighted by Crippen LogP contribution is 2.29. The summed E-state index contributed by atoms with van der Waals surface area (Å²) in [6.45, 7) is 7.25. The molecule has 0 spiro atoms. The monoisotopic (exact) mass is 487 g/mol. The van der Waals surface area contributed by atoms with Gasteiger partial charge in [-0.1, -0.05) is 6.07 Å². The standard InChI is InChI=1S/C23H26BrN3O4/c1-5-29-19-12-7-16(13-20(19)30-6-2)14-31-18-10-8-17(9-11-18)25-23(28)22-21(24)15(3)26-27(22)4/h7-13H,5-6,14H2,1-4H3,(H,25,28). The fourth-order valence-electron chi connectivity index (χ4n) is 3.06. The third-order valence-electron chi connectivity index (χ3n) is 4.49. The lowest BCUT2D eigenvalue weighted by molar-refractivity contribution is 0.101. The first-order valence-electron chi connectivity index (χ1n) is 10.0. The third-order valence-corrected chi connectivity index (χ3v) is 5.44. The van der Waals surface area contributed by atoms with Gasteiger partial charge in [0, 0.05) is 12.7 Å². The van der Waals surface area contributed by atoms with Crippen LogP contribution in [0.1, 0.15) is 35.6 Å². The van der Waals surface area contributed by atoms with Crippen LogP contribution < -0.4 is 19.5 Å². The molecular formula is C23H26BrN3O4. The Kier molecular flexibility index (Phi) is 7.57. The number of nitrogens with zero attached hydrogens (tertiary/aromatic N) is 2. The smallest absolute Gasteiger partial charge is 0.275 e. The molecule has 164 valence electrons. The lowest BCUT2D eigenvalue weighted by Gasteiger charge is -2.13. The molecule has 0 atom stereocenters. The number of aromatic nitrogens is 2. The second-order valence-electron chi connectivity index (χ2n) is 6.79. The van der Waals surface area contributed by atoms with Gasteiger partial charge in [0.2, 0.25) is 0 Å². The molecule has 0 bridgehead atoms. The van der Waals surface area contributed by atoms with E-state index < -0.39 is 0 Å². The number of rotatable bonds is 9. The van der Waals surface area contributed by atoms with Crippen molar-refractivity contribution in [2.75, 3.05) is 18.5 Å². The number of halogens is 1. The molecule has 1 amide bonds. The Bertz CT molecular complexity index is 1050. The predicted octanol–water partition coefficient (Wildman–Crippen LogP) is 5.12. The zero-order chi connectivity index (χ0) is 22.4. The number of amides is 1. The van der Waals surface area contributed by atoms with E-state index in [0.29, 0.717) is 47.2 Å². The molecule has 0 aliphatic heterocycles. The average molecular weight is 488 g/mol. The number of aryl methyl sites for hydroxylation is 2. The Hall–Kier alpha value is -3.00. The summed E-state index contributed by atoms with van der Waals surface area (Å²) in [6, 6.07) is 13.0. The summed E-state index contributed by atoms with van der Waals surface area (Å²) >= 11 is 3.42. The van der Waals surface area contributed by atoms with E-state index in [-0.39, 0.29) is 5.91 Å². The minimum Gasteiger partial charge on any atom is -0.490 e. The van der Waals surface area contributed by atoms with Gasteiger partial charge in [-0.3, -0.25) is 9.48 Å². The Morgan fingerprint density at radius 1 is 1.03 bits per heavy atom. The quantitative estimate of drug-likeness (QED) is 0.453. The topological polar surface area (TPSA) is 74.6 Å². The van der Waals surface area contributed by atoms with Crippen molar-refractivity contribution in [1.29, 1.82) is 0 Å². The van der Waals surface area contributed by atoms with Crippen molar-refractivity contribution in [3.8, 4) is 17.2 Å². The van der Waals surface area contributed by atoms with Crippen molar-refractivity contribution in [3.05, 3.63) is 63.9 Å². The van der Waals surface area contributed by atoms with Crippen LogP contribution in [0.15, 0.2) is 46.9 Å². The van der Waals surface area contributed by atoms with Gasteiger partial charge in [0.1, 0.15) is 18.1 Å². The number of benzene rings is 2. The molecule has 0 aliphatic rings.